The fourth-order valence-corrected chi connectivity index (χ4v) is 3.79. The molecule has 0 radical (unpaired) electrons. The lowest BCUT2D eigenvalue weighted by Crippen LogP contribution is -2.43. The van der Waals surface area contributed by atoms with E-state index in [9.17, 15) is 9.59 Å². The van der Waals surface area contributed by atoms with E-state index in [1.165, 1.54) is 4.90 Å². The first-order valence-electron chi connectivity index (χ1n) is 7.95. The molecule has 3 rings (SSSR count). The molecule has 1 aliphatic heterocycles. The van der Waals surface area contributed by atoms with Crippen LogP contribution in [0, 0.1) is 0 Å². The van der Waals surface area contributed by atoms with Crippen LogP contribution in [-0.2, 0) is 4.79 Å². The predicted octanol–water partition coefficient (Wildman–Crippen LogP) is 3.17. The van der Waals surface area contributed by atoms with Crippen LogP contribution >= 0.6 is 11.8 Å². The molecule has 2 N–H and O–H groups in total. The third-order valence-electron chi connectivity index (χ3n) is 4.37. The highest BCUT2D eigenvalue weighted by Gasteiger charge is 2.33. The van der Waals surface area contributed by atoms with E-state index in [1.807, 2.05) is 36.6 Å². The summed E-state index contributed by atoms with van der Waals surface area (Å²) in [5, 5.41) is 0. The number of amides is 2. The Bertz CT molecular complexity index is 775. The molecule has 1 aliphatic rings. The molecule has 0 spiro atoms. The van der Waals surface area contributed by atoms with Crippen molar-refractivity contribution in [2.24, 2.45) is 5.73 Å². The first kappa shape index (κ1) is 16.6. The summed E-state index contributed by atoms with van der Waals surface area (Å²) in [7, 11) is 0. The second-order valence-electron chi connectivity index (χ2n) is 5.84. The molecule has 1 fully saturated rings. The topological polar surface area (TPSA) is 63.4 Å². The van der Waals surface area contributed by atoms with E-state index < -0.39 is 11.9 Å². The molecule has 2 aromatic carbocycles. The average Bonchev–Trinajstić information content (AvgIpc) is 3.11. The van der Waals surface area contributed by atoms with Gasteiger partial charge >= 0.3 is 0 Å². The van der Waals surface area contributed by atoms with Crippen molar-refractivity contribution in [2.75, 3.05) is 12.8 Å². The fraction of sp³-hybridized carbons (Fsp3) is 0.263. The van der Waals surface area contributed by atoms with Gasteiger partial charge in [0.2, 0.25) is 5.91 Å². The van der Waals surface area contributed by atoms with Gasteiger partial charge < -0.3 is 10.6 Å². The van der Waals surface area contributed by atoms with Crippen LogP contribution in [0.1, 0.15) is 23.2 Å². The zero-order valence-electron chi connectivity index (χ0n) is 13.6. The number of nitrogens with two attached hydrogens (primary N) is 1. The molecule has 0 aromatic heterocycles. The van der Waals surface area contributed by atoms with Crippen molar-refractivity contribution in [3.05, 3.63) is 54.1 Å². The Hall–Kier alpha value is -2.27. The SMILES string of the molecule is CSc1ccccc1-c1cccc(C(=O)N2CCC[C@H]2C(N)=O)c1. The second-order valence-corrected chi connectivity index (χ2v) is 6.69. The molecular formula is C19H20N2O2S. The van der Waals surface area contributed by atoms with Crippen LogP contribution < -0.4 is 5.73 Å². The first-order valence-corrected chi connectivity index (χ1v) is 9.18. The summed E-state index contributed by atoms with van der Waals surface area (Å²) in [5.41, 5.74) is 8.13. The van der Waals surface area contributed by atoms with Crippen molar-refractivity contribution in [2.45, 2.75) is 23.8 Å². The van der Waals surface area contributed by atoms with E-state index >= 15 is 0 Å². The summed E-state index contributed by atoms with van der Waals surface area (Å²) in [6.45, 7) is 0.581. The van der Waals surface area contributed by atoms with Gasteiger partial charge in [0.05, 0.1) is 0 Å². The monoisotopic (exact) mass is 340 g/mol. The minimum atomic E-state index is -0.486. The highest BCUT2D eigenvalue weighted by molar-refractivity contribution is 7.98. The zero-order valence-corrected chi connectivity index (χ0v) is 14.4. The van der Waals surface area contributed by atoms with Crippen molar-refractivity contribution in [1.82, 2.24) is 4.90 Å². The average molecular weight is 340 g/mol. The number of nitrogens with zero attached hydrogens (tertiary/aromatic N) is 1. The molecule has 124 valence electrons. The molecular weight excluding hydrogens is 320 g/mol. The van der Waals surface area contributed by atoms with Crippen molar-refractivity contribution in [3.8, 4) is 11.1 Å². The Balaban J connectivity index is 1.93. The Morgan fingerprint density at radius 1 is 1.17 bits per heavy atom. The summed E-state index contributed by atoms with van der Waals surface area (Å²) in [5.74, 6) is -0.551. The molecule has 24 heavy (non-hydrogen) atoms. The Kier molecular flexibility index (Phi) is 4.90. The van der Waals surface area contributed by atoms with Gasteiger partial charge in [-0.05, 0) is 48.4 Å². The molecule has 2 amide bonds. The summed E-state index contributed by atoms with van der Waals surface area (Å²) in [6, 6.07) is 15.2. The lowest BCUT2D eigenvalue weighted by Gasteiger charge is -2.22. The Labute approximate surface area is 146 Å². The number of carbonyl (C=O) groups excluding carboxylic acids is 2. The third-order valence-corrected chi connectivity index (χ3v) is 5.17. The van der Waals surface area contributed by atoms with E-state index in [4.69, 9.17) is 5.73 Å². The van der Waals surface area contributed by atoms with Gasteiger partial charge in [-0.1, -0.05) is 30.3 Å². The molecule has 1 saturated heterocycles. The van der Waals surface area contributed by atoms with E-state index in [0.29, 0.717) is 18.5 Å². The van der Waals surface area contributed by atoms with E-state index in [0.717, 1.165) is 17.5 Å². The number of benzene rings is 2. The molecule has 5 heteroatoms. The highest BCUT2D eigenvalue weighted by atomic mass is 32.2. The molecule has 2 aromatic rings. The molecule has 4 nitrogen and oxygen atoms in total. The standard InChI is InChI=1S/C19H20N2O2S/c1-24-17-10-3-2-8-15(17)13-6-4-7-14(12-13)19(23)21-11-5-9-16(21)18(20)22/h2-4,6-8,10,12,16H,5,9,11H2,1H3,(H2,20,22)/t16-/m0/s1. The number of hydrogen-bond donors (Lipinski definition) is 1. The van der Waals surface area contributed by atoms with Crippen molar-refractivity contribution in [1.29, 1.82) is 0 Å². The van der Waals surface area contributed by atoms with Crippen molar-refractivity contribution < 1.29 is 9.59 Å². The van der Waals surface area contributed by atoms with Crippen molar-refractivity contribution in [3.63, 3.8) is 0 Å². The Morgan fingerprint density at radius 2 is 1.96 bits per heavy atom. The van der Waals surface area contributed by atoms with Crippen LogP contribution in [0.3, 0.4) is 0 Å². The maximum Gasteiger partial charge on any atom is 0.254 e. The molecule has 0 aliphatic carbocycles. The minimum absolute atomic E-state index is 0.125. The van der Waals surface area contributed by atoms with Crippen molar-refractivity contribution >= 4 is 23.6 Å². The smallest absolute Gasteiger partial charge is 0.254 e. The number of hydrogen-bond acceptors (Lipinski definition) is 3. The number of primary amides is 1. The summed E-state index contributed by atoms with van der Waals surface area (Å²) in [6.07, 6.45) is 3.50. The lowest BCUT2D eigenvalue weighted by atomic mass is 10.0. The van der Waals surface area contributed by atoms with Gasteiger partial charge in [0.15, 0.2) is 0 Å². The van der Waals surface area contributed by atoms with Gasteiger partial charge in [0.1, 0.15) is 6.04 Å². The van der Waals surface area contributed by atoms with E-state index in [1.54, 1.807) is 22.7 Å². The van der Waals surface area contributed by atoms with Crippen LogP contribution in [0.25, 0.3) is 11.1 Å². The quantitative estimate of drug-likeness (QED) is 0.870. The molecule has 1 atom stereocenters. The zero-order chi connectivity index (χ0) is 17.1. The lowest BCUT2D eigenvalue weighted by molar-refractivity contribution is -0.121. The normalized spacial score (nSPS) is 17.0. The van der Waals surface area contributed by atoms with Gasteiger partial charge in [-0.2, -0.15) is 0 Å². The van der Waals surface area contributed by atoms with E-state index in [-0.39, 0.29) is 5.91 Å². The van der Waals surface area contributed by atoms with Gasteiger partial charge in [-0.3, -0.25) is 9.59 Å². The molecule has 0 bridgehead atoms. The summed E-state index contributed by atoms with van der Waals surface area (Å²) < 4.78 is 0. The summed E-state index contributed by atoms with van der Waals surface area (Å²) >= 11 is 1.68. The largest absolute Gasteiger partial charge is 0.368 e. The third kappa shape index (κ3) is 3.17. The van der Waals surface area contributed by atoms with Crippen LogP contribution in [-0.4, -0.2) is 35.6 Å². The Morgan fingerprint density at radius 3 is 2.71 bits per heavy atom. The highest BCUT2D eigenvalue weighted by Crippen LogP contribution is 2.31. The summed E-state index contributed by atoms with van der Waals surface area (Å²) in [4.78, 5) is 27.1. The number of rotatable bonds is 4. The van der Waals surface area contributed by atoms with Gasteiger partial charge in [0, 0.05) is 17.0 Å². The predicted molar refractivity (Wildman–Crippen MR) is 96.9 cm³/mol. The molecule has 1 heterocycles. The second kappa shape index (κ2) is 7.09. The molecule has 0 unspecified atom stereocenters. The number of thioether (sulfide) groups is 1. The van der Waals surface area contributed by atoms with Crippen LogP contribution in [0.4, 0.5) is 0 Å². The van der Waals surface area contributed by atoms with Crippen LogP contribution in [0.5, 0.6) is 0 Å². The maximum atomic E-state index is 12.8. The fourth-order valence-electron chi connectivity index (χ4n) is 3.17. The van der Waals surface area contributed by atoms with Gasteiger partial charge in [-0.25, -0.2) is 0 Å². The number of carbonyl (C=O) groups is 2. The van der Waals surface area contributed by atoms with Crippen LogP contribution in [0.2, 0.25) is 0 Å². The number of likely N-dealkylation sites (tertiary alicyclic amines) is 1. The van der Waals surface area contributed by atoms with E-state index in [2.05, 4.69) is 12.1 Å². The van der Waals surface area contributed by atoms with Gasteiger partial charge in [0.25, 0.3) is 5.91 Å². The minimum Gasteiger partial charge on any atom is -0.368 e. The maximum absolute atomic E-state index is 12.8. The first-order chi connectivity index (χ1) is 11.6. The van der Waals surface area contributed by atoms with Gasteiger partial charge in [-0.15, -0.1) is 11.8 Å². The molecule has 0 saturated carbocycles. The van der Waals surface area contributed by atoms with Crippen LogP contribution in [0.15, 0.2) is 53.4 Å².